The first-order chi connectivity index (χ1) is 47.3. The zero-order chi connectivity index (χ0) is 67.2. The minimum Gasteiger partial charge on any atom is -0.497 e. The highest BCUT2D eigenvalue weighted by Crippen LogP contribution is 2.66. The Morgan fingerprint density at radius 2 is 0.505 bits per heavy atom. The molecule has 0 unspecified atom stereocenters. The van der Waals surface area contributed by atoms with Gasteiger partial charge in [0.05, 0.1) is 60.3 Å². The molecule has 0 aromatic heterocycles. The second-order valence-corrected chi connectivity index (χ2v) is 24.9. The van der Waals surface area contributed by atoms with Crippen LogP contribution in [-0.4, -0.2) is 48.9 Å². The van der Waals surface area contributed by atoms with Gasteiger partial charge in [-0.25, -0.2) is 0 Å². The molecule has 0 saturated carbocycles. The van der Waals surface area contributed by atoms with E-state index in [1.165, 1.54) is 0 Å². The molecule has 0 radical (unpaired) electrons. The summed E-state index contributed by atoms with van der Waals surface area (Å²) in [6.07, 6.45) is 0. The smallest absolute Gasteiger partial charge is 0.121 e. The number of aliphatic hydroxyl groups excluding tert-OH is 4. The zero-order valence-corrected chi connectivity index (χ0v) is 55.6. The van der Waals surface area contributed by atoms with Crippen LogP contribution in [0.2, 0.25) is 0 Å². The van der Waals surface area contributed by atoms with Crippen LogP contribution in [0.3, 0.4) is 0 Å². The summed E-state index contributed by atoms with van der Waals surface area (Å²) in [6, 6.07) is 85.2. The van der Waals surface area contributed by atoms with Crippen LogP contribution in [0.15, 0.2) is 243 Å². The fraction of sp³-hybridized carbons (Fsp3) is 0.153. The highest BCUT2D eigenvalue weighted by molar-refractivity contribution is 6.00. The van der Waals surface area contributed by atoms with E-state index in [0.717, 1.165) is 180 Å². The molecule has 12 aromatic carbocycles. The number of aryl methyl sites for hydroxylation is 4. The first-order valence-electron chi connectivity index (χ1n) is 32.5. The van der Waals surface area contributed by atoms with Gasteiger partial charge in [0.1, 0.15) is 23.0 Å². The van der Waals surface area contributed by atoms with Crippen molar-refractivity contribution in [2.75, 3.05) is 48.0 Å². The van der Waals surface area contributed by atoms with Crippen LogP contribution < -0.4 is 38.5 Å². The third kappa shape index (κ3) is 11.1. The number of rotatable bonds is 20. The molecule has 0 aliphatic heterocycles. The predicted octanol–water partition coefficient (Wildman–Crippen LogP) is 19.1. The van der Waals surface area contributed by atoms with Gasteiger partial charge in [0.25, 0.3) is 0 Å². The Bertz CT molecular complexity index is 4310. The van der Waals surface area contributed by atoms with Crippen molar-refractivity contribution in [2.24, 2.45) is 0 Å². The summed E-state index contributed by atoms with van der Waals surface area (Å²) in [5.74, 6) is 3.05. The van der Waals surface area contributed by atoms with Crippen LogP contribution >= 0.6 is 0 Å². The largest absolute Gasteiger partial charge is 0.497 e. The number of methoxy groups -OCH3 is 4. The van der Waals surface area contributed by atoms with Gasteiger partial charge in [0.15, 0.2) is 0 Å². The van der Waals surface area contributed by atoms with E-state index in [4.69, 9.17) is 18.9 Å². The average Bonchev–Trinajstić information content (AvgIpc) is 1.50. The molecule has 4 N–H and O–H groups in total. The van der Waals surface area contributed by atoms with E-state index < -0.39 is 5.41 Å². The molecule has 1 spiro atoms. The number of fused-ring (bicyclic) bond motifs is 10. The van der Waals surface area contributed by atoms with Crippen LogP contribution in [0.4, 0.5) is 68.2 Å². The van der Waals surface area contributed by atoms with Gasteiger partial charge < -0.3 is 59.0 Å². The van der Waals surface area contributed by atoms with Gasteiger partial charge in [-0.15, -0.1) is 0 Å². The van der Waals surface area contributed by atoms with Crippen molar-refractivity contribution in [1.82, 2.24) is 0 Å². The van der Waals surface area contributed by atoms with Gasteiger partial charge in [0, 0.05) is 68.2 Å². The molecule has 97 heavy (non-hydrogen) atoms. The molecule has 0 amide bonds. The number of benzene rings is 12. The third-order valence-electron chi connectivity index (χ3n) is 19.4. The number of anilines is 12. The molecule has 0 bridgehead atoms. The number of ether oxygens (including phenoxy) is 4. The Morgan fingerprint density at radius 3 is 0.753 bits per heavy atom. The summed E-state index contributed by atoms with van der Waals surface area (Å²) in [6.45, 7) is 7.82. The molecule has 2 aliphatic rings. The van der Waals surface area contributed by atoms with Crippen molar-refractivity contribution in [3.05, 3.63) is 309 Å². The zero-order valence-electron chi connectivity index (χ0n) is 55.6. The number of aliphatic hydroxyl groups is 4. The molecule has 14 rings (SSSR count). The van der Waals surface area contributed by atoms with Gasteiger partial charge >= 0.3 is 0 Å². The van der Waals surface area contributed by atoms with Crippen molar-refractivity contribution in [3.8, 4) is 45.3 Å². The summed E-state index contributed by atoms with van der Waals surface area (Å²) < 4.78 is 23.3. The van der Waals surface area contributed by atoms with E-state index in [9.17, 15) is 20.4 Å². The minimum absolute atomic E-state index is 0.0946. The second kappa shape index (κ2) is 26.2. The molecule has 0 heterocycles. The quantitative estimate of drug-likeness (QED) is 0.0579. The van der Waals surface area contributed by atoms with E-state index in [1.54, 1.807) is 28.4 Å². The van der Waals surface area contributed by atoms with Crippen LogP contribution in [0.1, 0.15) is 66.8 Å². The molecular formula is C85H76N4O8. The Kier molecular flexibility index (Phi) is 17.1. The molecule has 484 valence electrons. The standard InChI is InChI=1S/C85H76N4O8/c1-53-41-65(19-13-59(53)51-92)86(61-15-9-57(49-90)10-16-61)69-25-35-75-77-37-27-71(88(63-21-31-73(94-5)32-22-63)67-29-39-83(96-7)55(3)43-67)47-81(77)85(79(75)45-69)80-46-70(87(62-17-11-58(50-91)12-18-62)66-20-14-60(52-93)54(2)42-66)26-36-76(80)78-38-28-72(48-82(78)85)89(64-23-33-74(95-6)34-24-64)68-30-40-84(97-8)56(4)44-68/h9-48,90-93H,49-52H2,1-8H3. The molecule has 0 fully saturated rings. The lowest BCUT2D eigenvalue weighted by molar-refractivity contribution is 0.281. The topological polar surface area (TPSA) is 131 Å². The van der Waals surface area contributed by atoms with E-state index in [1.807, 2.05) is 86.6 Å². The number of nitrogens with zero attached hydrogens (tertiary/aromatic N) is 4. The molecule has 0 atom stereocenters. The Hall–Kier alpha value is -11.1. The fourth-order valence-corrected chi connectivity index (χ4v) is 14.5. The van der Waals surface area contributed by atoms with E-state index in [0.29, 0.717) is 0 Å². The van der Waals surface area contributed by atoms with Crippen LogP contribution in [0.5, 0.6) is 23.0 Å². The van der Waals surface area contributed by atoms with Gasteiger partial charge in [-0.1, -0.05) is 60.7 Å². The second-order valence-electron chi connectivity index (χ2n) is 24.9. The fourth-order valence-electron chi connectivity index (χ4n) is 14.5. The van der Waals surface area contributed by atoms with E-state index in [2.05, 4.69) is 203 Å². The lowest BCUT2D eigenvalue weighted by Crippen LogP contribution is -2.27. The highest BCUT2D eigenvalue weighted by atomic mass is 16.5. The molecule has 2 aliphatic carbocycles. The normalized spacial score (nSPS) is 12.2. The monoisotopic (exact) mass is 1280 g/mol. The maximum absolute atomic E-state index is 10.5. The summed E-state index contributed by atoms with van der Waals surface area (Å²) >= 11 is 0. The van der Waals surface area contributed by atoms with Gasteiger partial charge in [-0.3, -0.25) is 0 Å². The number of hydrogen-bond donors (Lipinski definition) is 4. The average molecular weight is 1280 g/mol. The molecule has 12 nitrogen and oxygen atoms in total. The van der Waals surface area contributed by atoms with Crippen molar-refractivity contribution >= 4 is 68.2 Å². The molecular weight excluding hydrogens is 1200 g/mol. The SMILES string of the molecule is COc1ccc(N(c2ccc(OC)c(C)c2)c2ccc3c(c2)C2(c4cc(N(c5ccc(CO)cc5)c5ccc(CO)c(C)c5)ccc4-3)c3cc(N(c4ccc(CO)cc4)c4ccc(CO)c(C)c4)ccc3-c3ccc(N(c4ccc(OC)cc4)c4ccc(OC)c(C)c4)cc32)cc1. The summed E-state index contributed by atoms with van der Waals surface area (Å²) in [7, 11) is 6.78. The molecule has 12 heteroatoms. The Balaban J connectivity index is 1.11. The summed E-state index contributed by atoms with van der Waals surface area (Å²) in [5.41, 5.74) is 25.5. The van der Waals surface area contributed by atoms with Crippen molar-refractivity contribution < 1.29 is 39.4 Å². The van der Waals surface area contributed by atoms with Gasteiger partial charge in [-0.2, -0.15) is 0 Å². The van der Waals surface area contributed by atoms with Crippen molar-refractivity contribution in [1.29, 1.82) is 0 Å². The maximum Gasteiger partial charge on any atom is 0.121 e. The van der Waals surface area contributed by atoms with E-state index in [-0.39, 0.29) is 26.4 Å². The van der Waals surface area contributed by atoms with E-state index >= 15 is 0 Å². The first-order valence-corrected chi connectivity index (χ1v) is 32.5. The lowest BCUT2D eigenvalue weighted by atomic mass is 9.70. The van der Waals surface area contributed by atoms with Gasteiger partial charge in [-0.05, 0) is 299 Å². The highest BCUT2D eigenvalue weighted by Gasteiger charge is 2.53. The van der Waals surface area contributed by atoms with Crippen LogP contribution in [0.25, 0.3) is 22.3 Å². The summed E-state index contributed by atoms with van der Waals surface area (Å²) in [4.78, 5) is 9.15. The molecule has 0 saturated heterocycles. The number of hydrogen-bond acceptors (Lipinski definition) is 12. The Morgan fingerprint density at radius 1 is 0.258 bits per heavy atom. The minimum atomic E-state index is -1.08. The first kappa shape index (κ1) is 63.3. The maximum atomic E-state index is 10.5. The lowest BCUT2D eigenvalue weighted by Gasteiger charge is -2.35. The predicted molar refractivity (Wildman–Crippen MR) is 390 cm³/mol. The third-order valence-corrected chi connectivity index (χ3v) is 19.4. The van der Waals surface area contributed by atoms with Crippen molar-refractivity contribution in [3.63, 3.8) is 0 Å². The summed E-state index contributed by atoms with van der Waals surface area (Å²) in [5, 5.41) is 41.9. The van der Waals surface area contributed by atoms with Crippen molar-refractivity contribution in [2.45, 2.75) is 59.5 Å². The van der Waals surface area contributed by atoms with Crippen LogP contribution in [-0.2, 0) is 31.8 Å². The Labute approximate surface area is 566 Å². The van der Waals surface area contributed by atoms with Crippen LogP contribution in [0, 0.1) is 27.7 Å². The van der Waals surface area contributed by atoms with Gasteiger partial charge in [0.2, 0.25) is 0 Å². The molecule has 12 aromatic rings.